The smallest absolute Gasteiger partial charge is 0.266 e. The van der Waals surface area contributed by atoms with E-state index in [0.29, 0.717) is 0 Å². The van der Waals surface area contributed by atoms with E-state index in [1.54, 1.807) is 7.11 Å². The Hall–Kier alpha value is -2.15. The zero-order valence-corrected chi connectivity index (χ0v) is 14.9. The number of rotatable bonds is 4. The van der Waals surface area contributed by atoms with Crippen LogP contribution in [0.4, 0.5) is 0 Å². The summed E-state index contributed by atoms with van der Waals surface area (Å²) < 4.78 is 6.33. The molecule has 1 aliphatic rings. The Morgan fingerprint density at radius 2 is 2.32 bits per heavy atom. The second-order valence-electron chi connectivity index (χ2n) is 6.43. The molecule has 3 N–H and O–H groups in total. The molecule has 3 aromatic rings. The quantitative estimate of drug-likeness (QED) is 0.755. The van der Waals surface area contributed by atoms with Crippen molar-refractivity contribution in [3.05, 3.63) is 45.6 Å². The number of nitrogens with two attached hydrogens (primary N) is 1. The maximum Gasteiger partial charge on any atom is 0.266 e. The van der Waals surface area contributed by atoms with Crippen LogP contribution in [0.15, 0.2) is 34.4 Å². The molecule has 5 nitrogen and oxygen atoms in total. The van der Waals surface area contributed by atoms with Crippen molar-refractivity contribution in [2.45, 2.75) is 12.5 Å². The van der Waals surface area contributed by atoms with Crippen molar-refractivity contribution in [1.29, 1.82) is 0 Å². The van der Waals surface area contributed by atoms with E-state index in [9.17, 15) is 4.79 Å². The van der Waals surface area contributed by atoms with Gasteiger partial charge >= 0.3 is 0 Å². The fourth-order valence-corrected chi connectivity index (χ4v) is 4.34. The third-order valence-electron chi connectivity index (χ3n) is 4.77. The van der Waals surface area contributed by atoms with Crippen LogP contribution in [0.1, 0.15) is 12.0 Å². The number of hydrogen-bond acceptors (Lipinski definition) is 5. The number of methoxy groups -OCH3 is 1. The Kier molecular flexibility index (Phi) is 4.33. The molecular formula is C19H21N3O2S. The lowest BCUT2D eigenvalue weighted by molar-refractivity contribution is 0.372. The number of thiophene rings is 1. The van der Waals surface area contributed by atoms with E-state index in [0.717, 1.165) is 58.4 Å². The largest absolute Gasteiger partial charge is 0.496 e. The van der Waals surface area contributed by atoms with E-state index in [1.807, 2.05) is 23.6 Å². The molecule has 0 bridgehead atoms. The molecule has 1 atom stereocenters. The minimum atomic E-state index is -0.0383. The molecular weight excluding hydrogens is 334 g/mol. The van der Waals surface area contributed by atoms with Gasteiger partial charge in [0.1, 0.15) is 10.4 Å². The van der Waals surface area contributed by atoms with Gasteiger partial charge in [-0.05, 0) is 30.0 Å². The first kappa shape index (κ1) is 16.3. The van der Waals surface area contributed by atoms with Gasteiger partial charge < -0.3 is 15.5 Å². The Morgan fingerprint density at radius 3 is 3.08 bits per heavy atom. The van der Waals surface area contributed by atoms with E-state index in [2.05, 4.69) is 22.0 Å². The van der Waals surface area contributed by atoms with Crippen LogP contribution in [-0.4, -0.2) is 42.7 Å². The molecule has 1 saturated heterocycles. The number of H-pyrrole nitrogens is 1. The molecule has 3 heterocycles. The molecule has 130 valence electrons. The van der Waals surface area contributed by atoms with Gasteiger partial charge in [0.15, 0.2) is 0 Å². The number of aromatic amines is 1. The number of fused-ring (bicyclic) bond motifs is 3. The summed E-state index contributed by atoms with van der Waals surface area (Å²) in [7, 11) is 1.68. The van der Waals surface area contributed by atoms with Gasteiger partial charge in [0, 0.05) is 47.5 Å². The van der Waals surface area contributed by atoms with Gasteiger partial charge in [-0.15, -0.1) is 11.3 Å². The standard InChI is InChI=1S/C19H21N3O2S/c1-24-16-5-4-15-17(14-7-10-25-18(14)19(23)21-15)13(16)3-2-8-22-9-6-12(20)11-22/h2-5,7,10,12H,6,8-9,11,20H2,1H3,(H,21,23). The Bertz CT molecular complexity index is 1000. The number of likely N-dealkylation sites (tertiary alicyclic amines) is 1. The molecule has 0 radical (unpaired) electrons. The molecule has 0 amide bonds. The van der Waals surface area contributed by atoms with Crippen molar-refractivity contribution < 1.29 is 4.74 Å². The summed E-state index contributed by atoms with van der Waals surface area (Å²) in [6.45, 7) is 2.85. The normalized spacial score (nSPS) is 18.7. The second kappa shape index (κ2) is 6.63. The summed E-state index contributed by atoms with van der Waals surface area (Å²) in [5.74, 6) is 0.807. The number of ether oxygens (including phenoxy) is 1. The number of benzene rings is 1. The Morgan fingerprint density at radius 1 is 1.44 bits per heavy atom. The minimum Gasteiger partial charge on any atom is -0.496 e. The van der Waals surface area contributed by atoms with Crippen molar-refractivity contribution >= 4 is 38.4 Å². The fraction of sp³-hybridized carbons (Fsp3) is 0.316. The number of aromatic nitrogens is 1. The number of nitrogens with one attached hydrogen (secondary N) is 1. The van der Waals surface area contributed by atoms with Crippen LogP contribution in [-0.2, 0) is 0 Å². The van der Waals surface area contributed by atoms with Gasteiger partial charge in [-0.25, -0.2) is 0 Å². The van der Waals surface area contributed by atoms with Crippen LogP contribution < -0.4 is 16.0 Å². The summed E-state index contributed by atoms with van der Waals surface area (Å²) in [4.78, 5) is 17.6. The maximum absolute atomic E-state index is 12.2. The lowest BCUT2D eigenvalue weighted by Crippen LogP contribution is -2.26. The molecule has 1 aromatic carbocycles. The third kappa shape index (κ3) is 2.97. The third-order valence-corrected chi connectivity index (χ3v) is 5.68. The first-order valence-corrected chi connectivity index (χ1v) is 9.30. The fourth-order valence-electron chi connectivity index (χ4n) is 3.55. The summed E-state index contributed by atoms with van der Waals surface area (Å²) in [6, 6.07) is 6.11. The molecule has 4 rings (SSSR count). The van der Waals surface area contributed by atoms with E-state index in [4.69, 9.17) is 10.5 Å². The van der Waals surface area contributed by atoms with E-state index in [1.165, 1.54) is 11.3 Å². The highest BCUT2D eigenvalue weighted by atomic mass is 32.1. The van der Waals surface area contributed by atoms with Crippen LogP contribution in [0.2, 0.25) is 0 Å². The van der Waals surface area contributed by atoms with E-state index < -0.39 is 0 Å². The molecule has 2 aromatic heterocycles. The van der Waals surface area contributed by atoms with Gasteiger partial charge in [0.2, 0.25) is 0 Å². The van der Waals surface area contributed by atoms with Gasteiger partial charge in [-0.2, -0.15) is 0 Å². The van der Waals surface area contributed by atoms with Gasteiger partial charge in [0.25, 0.3) is 5.56 Å². The predicted molar refractivity (Wildman–Crippen MR) is 105 cm³/mol. The predicted octanol–water partition coefficient (Wildman–Crippen LogP) is 2.80. The van der Waals surface area contributed by atoms with Gasteiger partial charge in [-0.3, -0.25) is 9.69 Å². The first-order chi connectivity index (χ1) is 12.2. The molecule has 6 heteroatoms. The van der Waals surface area contributed by atoms with Crippen molar-refractivity contribution in [3.63, 3.8) is 0 Å². The minimum absolute atomic E-state index is 0.0383. The maximum atomic E-state index is 12.2. The van der Waals surface area contributed by atoms with Crippen LogP contribution in [0.5, 0.6) is 5.75 Å². The lowest BCUT2D eigenvalue weighted by atomic mass is 10.0. The molecule has 1 aliphatic heterocycles. The summed E-state index contributed by atoms with van der Waals surface area (Å²) in [5.41, 5.74) is 7.77. The highest BCUT2D eigenvalue weighted by Crippen LogP contribution is 2.34. The molecule has 1 unspecified atom stereocenters. The average molecular weight is 355 g/mol. The highest BCUT2D eigenvalue weighted by molar-refractivity contribution is 7.17. The molecule has 1 fully saturated rings. The molecule has 0 spiro atoms. The van der Waals surface area contributed by atoms with Crippen molar-refractivity contribution in [2.24, 2.45) is 5.73 Å². The molecule has 25 heavy (non-hydrogen) atoms. The first-order valence-electron chi connectivity index (χ1n) is 8.42. The zero-order chi connectivity index (χ0) is 17.4. The van der Waals surface area contributed by atoms with Gasteiger partial charge in [-0.1, -0.05) is 12.2 Å². The summed E-state index contributed by atoms with van der Waals surface area (Å²) in [6.07, 6.45) is 5.31. The number of pyridine rings is 1. The van der Waals surface area contributed by atoms with E-state index in [-0.39, 0.29) is 11.6 Å². The van der Waals surface area contributed by atoms with Crippen molar-refractivity contribution in [2.75, 3.05) is 26.7 Å². The van der Waals surface area contributed by atoms with Crippen LogP contribution in [0.3, 0.4) is 0 Å². The average Bonchev–Trinajstić information content (AvgIpc) is 3.24. The van der Waals surface area contributed by atoms with Gasteiger partial charge in [0.05, 0.1) is 7.11 Å². The Labute approximate surface area is 149 Å². The molecule has 0 saturated carbocycles. The lowest BCUT2D eigenvalue weighted by Gasteiger charge is -2.13. The van der Waals surface area contributed by atoms with Crippen molar-refractivity contribution in [1.82, 2.24) is 9.88 Å². The topological polar surface area (TPSA) is 71.4 Å². The summed E-state index contributed by atoms with van der Waals surface area (Å²) >= 11 is 1.46. The van der Waals surface area contributed by atoms with E-state index >= 15 is 0 Å². The van der Waals surface area contributed by atoms with Crippen LogP contribution >= 0.6 is 11.3 Å². The van der Waals surface area contributed by atoms with Crippen LogP contribution in [0.25, 0.3) is 27.1 Å². The highest BCUT2D eigenvalue weighted by Gasteiger charge is 2.17. The SMILES string of the molecule is COc1ccc2[nH]c(=O)c3sccc3c2c1C=CCN1CCC(N)C1. The van der Waals surface area contributed by atoms with Crippen molar-refractivity contribution in [3.8, 4) is 5.75 Å². The second-order valence-corrected chi connectivity index (χ2v) is 7.35. The Balaban J connectivity index is 1.80. The summed E-state index contributed by atoms with van der Waals surface area (Å²) in [5, 5.41) is 3.97. The van der Waals surface area contributed by atoms with Crippen LogP contribution in [0, 0.1) is 0 Å². The molecule has 0 aliphatic carbocycles. The monoisotopic (exact) mass is 355 g/mol. The number of hydrogen-bond donors (Lipinski definition) is 2. The zero-order valence-electron chi connectivity index (χ0n) is 14.1. The number of nitrogens with zero attached hydrogens (tertiary/aromatic N) is 1.